The molecule has 2 atom stereocenters. The summed E-state index contributed by atoms with van der Waals surface area (Å²) in [6.07, 6.45) is 5.22. The molecule has 33 heavy (non-hydrogen) atoms. The van der Waals surface area contributed by atoms with Crippen LogP contribution in [0.3, 0.4) is 0 Å². The first-order valence-corrected chi connectivity index (χ1v) is 17.1. The lowest BCUT2D eigenvalue weighted by Gasteiger charge is -2.45. The van der Waals surface area contributed by atoms with Crippen molar-refractivity contribution in [2.45, 2.75) is 44.7 Å². The van der Waals surface area contributed by atoms with E-state index in [0.717, 1.165) is 38.6 Å². The minimum absolute atomic E-state index is 0.0587. The average Bonchev–Trinajstić information content (AvgIpc) is 2.68. The van der Waals surface area contributed by atoms with E-state index >= 15 is 0 Å². The summed E-state index contributed by atoms with van der Waals surface area (Å²) < 4.78 is 71.5. The van der Waals surface area contributed by atoms with Gasteiger partial charge < -0.3 is 0 Å². The zero-order valence-corrected chi connectivity index (χ0v) is 22.5. The Morgan fingerprint density at radius 1 is 1.09 bits per heavy atom. The number of hydrogen-bond donors (Lipinski definition) is 1. The van der Waals surface area contributed by atoms with Gasteiger partial charge in [0.05, 0.1) is 18.3 Å². The fourth-order valence-electron chi connectivity index (χ4n) is 4.47. The van der Waals surface area contributed by atoms with Gasteiger partial charge in [-0.15, -0.1) is 0 Å². The van der Waals surface area contributed by atoms with Crippen LogP contribution in [0.4, 0.5) is 0 Å². The van der Waals surface area contributed by atoms with Gasteiger partial charge in [0.25, 0.3) is 0 Å². The van der Waals surface area contributed by atoms with Gasteiger partial charge in [-0.2, -0.15) is 4.31 Å². The number of nitrogens with zero attached hydrogens (tertiary/aromatic N) is 2. The topological polar surface area (TPSA) is 121 Å². The predicted octanol–water partition coefficient (Wildman–Crippen LogP) is 1.52. The van der Waals surface area contributed by atoms with E-state index in [0.29, 0.717) is 6.42 Å². The number of sulfonamides is 2. The monoisotopic (exact) mass is 543 g/mol. The van der Waals surface area contributed by atoms with Crippen LogP contribution in [0, 0.1) is 0 Å². The molecule has 2 aliphatic rings. The van der Waals surface area contributed by atoms with E-state index in [1.807, 2.05) is 6.07 Å². The average molecular weight is 544 g/mol. The first-order chi connectivity index (χ1) is 15.2. The largest absolute Gasteiger partial charge is 0.296 e. The fraction of sp³-hybridized carbons (Fsp3) is 0.700. The number of rotatable bonds is 8. The molecular weight excluding hydrogens is 510 g/mol. The predicted molar refractivity (Wildman–Crippen MR) is 132 cm³/mol. The van der Waals surface area contributed by atoms with Crippen LogP contribution in [0.25, 0.3) is 0 Å². The van der Waals surface area contributed by atoms with E-state index in [4.69, 9.17) is 0 Å². The zero-order chi connectivity index (χ0) is 24.9. The lowest BCUT2D eigenvalue weighted by molar-refractivity contribution is 0.0913. The molecule has 0 aliphatic carbocycles. The van der Waals surface area contributed by atoms with Gasteiger partial charge >= 0.3 is 0 Å². The Hall–Kier alpha value is -0.760. The van der Waals surface area contributed by atoms with Crippen LogP contribution < -0.4 is 4.72 Å². The Morgan fingerprint density at radius 3 is 2.33 bits per heavy atom. The van der Waals surface area contributed by atoms with E-state index < -0.39 is 29.1 Å². The summed E-state index contributed by atoms with van der Waals surface area (Å²) in [4.78, 5) is 2.45. The molecule has 2 aliphatic heterocycles. The summed E-state index contributed by atoms with van der Waals surface area (Å²) in [6, 6.07) is 8.52. The second kappa shape index (κ2) is 11.8. The van der Waals surface area contributed by atoms with Gasteiger partial charge in [-0.25, -0.2) is 30.0 Å². The van der Waals surface area contributed by atoms with E-state index in [9.17, 15) is 25.3 Å². The Labute approximate surface area is 203 Å². The van der Waals surface area contributed by atoms with E-state index in [-0.39, 0.29) is 30.9 Å². The van der Waals surface area contributed by atoms with Crippen LogP contribution in [0.5, 0.6) is 0 Å². The molecule has 1 aromatic rings. The van der Waals surface area contributed by atoms with Crippen LogP contribution in [0.2, 0.25) is 0 Å². The third kappa shape index (κ3) is 9.42. The van der Waals surface area contributed by atoms with Gasteiger partial charge in [-0.3, -0.25) is 4.90 Å². The van der Waals surface area contributed by atoms with Crippen molar-refractivity contribution >= 4 is 39.8 Å². The van der Waals surface area contributed by atoms with Crippen LogP contribution in [0.15, 0.2) is 24.3 Å². The van der Waals surface area contributed by atoms with E-state index in [1.54, 1.807) is 6.92 Å². The lowest BCUT2D eigenvalue weighted by Crippen LogP contribution is -2.51. The number of fused-ring (bicyclic) bond motifs is 3. The van der Waals surface area contributed by atoms with Gasteiger partial charge in [-0.05, 0) is 36.8 Å². The maximum atomic E-state index is 12.5. The summed E-state index contributed by atoms with van der Waals surface area (Å²) in [5.74, 6) is 0.0587. The maximum Gasteiger partial charge on any atom is 0.229 e. The third-order valence-electron chi connectivity index (χ3n) is 5.73. The standard InChI is InChI=1S/C19H31N3O4S2.CH3ClO2S/c1-3-14-28(25,26)20-10-13-22(27(2,23)24)17-9-12-21-11-8-16-6-4-5-7-18(16)19(21)15-17;1-5(2,3)4/h4-7,17,19-20H,3,8-15H2,1-2H3;1H3/t17-,19+;/m1./s1. The molecule has 3 rings (SSSR count). The molecule has 0 bridgehead atoms. The Kier molecular flexibility index (Phi) is 10.2. The van der Waals surface area contributed by atoms with Crippen LogP contribution in [-0.2, 0) is 35.5 Å². The highest BCUT2D eigenvalue weighted by molar-refractivity contribution is 8.13. The minimum Gasteiger partial charge on any atom is -0.296 e. The molecule has 0 unspecified atom stereocenters. The molecule has 0 amide bonds. The smallest absolute Gasteiger partial charge is 0.229 e. The highest BCUT2D eigenvalue weighted by Crippen LogP contribution is 2.38. The number of hydrogen-bond acceptors (Lipinski definition) is 7. The van der Waals surface area contributed by atoms with Crippen LogP contribution in [-0.4, -0.2) is 84.9 Å². The first-order valence-electron chi connectivity index (χ1n) is 10.9. The highest BCUT2D eigenvalue weighted by Gasteiger charge is 2.37. The molecule has 0 spiro atoms. The van der Waals surface area contributed by atoms with Gasteiger partial charge in [0.1, 0.15) is 0 Å². The third-order valence-corrected chi connectivity index (χ3v) is 8.65. The zero-order valence-electron chi connectivity index (χ0n) is 19.3. The molecule has 2 heterocycles. The number of piperidine rings is 1. The molecule has 1 N–H and O–H groups in total. The molecule has 0 saturated carbocycles. The second-order valence-corrected chi connectivity index (χ2v) is 15.4. The second-order valence-electron chi connectivity index (χ2n) is 8.45. The Balaban J connectivity index is 0.000000696. The Bertz CT molecular complexity index is 1100. The van der Waals surface area contributed by atoms with Crippen molar-refractivity contribution in [3.05, 3.63) is 35.4 Å². The van der Waals surface area contributed by atoms with Crippen molar-refractivity contribution in [1.82, 2.24) is 13.9 Å². The summed E-state index contributed by atoms with van der Waals surface area (Å²) >= 11 is 0. The molecule has 0 aromatic heterocycles. The van der Waals surface area contributed by atoms with Gasteiger partial charge in [0.15, 0.2) is 0 Å². The molecule has 1 saturated heterocycles. The normalized spacial score (nSPS) is 21.6. The van der Waals surface area contributed by atoms with Gasteiger partial charge in [0, 0.05) is 48.9 Å². The molecule has 1 fully saturated rings. The molecule has 9 nitrogen and oxygen atoms in total. The van der Waals surface area contributed by atoms with Gasteiger partial charge in [-0.1, -0.05) is 31.2 Å². The van der Waals surface area contributed by atoms with Crippen molar-refractivity contribution in [1.29, 1.82) is 0 Å². The lowest BCUT2D eigenvalue weighted by atomic mass is 9.85. The summed E-state index contributed by atoms with van der Waals surface area (Å²) in [7, 11) is -5.46. The van der Waals surface area contributed by atoms with Crippen molar-refractivity contribution in [3.8, 4) is 0 Å². The molecule has 0 radical (unpaired) electrons. The van der Waals surface area contributed by atoms with Crippen molar-refractivity contribution in [2.24, 2.45) is 0 Å². The van der Waals surface area contributed by atoms with E-state index in [1.165, 1.54) is 21.7 Å². The maximum absolute atomic E-state index is 12.5. The molecule has 1 aromatic carbocycles. The van der Waals surface area contributed by atoms with Crippen LogP contribution >= 0.6 is 10.7 Å². The summed E-state index contributed by atoms with van der Waals surface area (Å²) in [5.41, 5.74) is 2.65. The molecular formula is C20H34ClN3O6S3. The van der Waals surface area contributed by atoms with Crippen molar-refractivity contribution < 1.29 is 25.3 Å². The molecule has 13 heteroatoms. The number of benzene rings is 1. The first kappa shape index (κ1) is 28.5. The number of halogens is 1. The van der Waals surface area contributed by atoms with Crippen molar-refractivity contribution in [3.63, 3.8) is 0 Å². The summed E-state index contributed by atoms with van der Waals surface area (Å²) in [6.45, 7) is 3.94. The van der Waals surface area contributed by atoms with Gasteiger partial charge in [0.2, 0.25) is 29.1 Å². The molecule has 190 valence electrons. The quantitative estimate of drug-likeness (QED) is 0.493. The fourth-order valence-corrected chi connectivity index (χ4v) is 6.71. The Morgan fingerprint density at radius 2 is 1.73 bits per heavy atom. The number of nitrogens with one attached hydrogen (secondary N) is 1. The SMILES string of the molecule is CCCS(=O)(=O)NCCN([C@@H]1CCN2CCc3ccccc3[C@@H]2C1)S(C)(=O)=O.CS(=O)(=O)Cl. The minimum atomic E-state index is -3.43. The van der Waals surface area contributed by atoms with E-state index in [2.05, 4.69) is 38.5 Å². The highest BCUT2D eigenvalue weighted by atomic mass is 35.7. The van der Waals surface area contributed by atoms with Crippen LogP contribution in [0.1, 0.15) is 43.4 Å². The van der Waals surface area contributed by atoms with Crippen molar-refractivity contribution in [2.75, 3.05) is 44.4 Å². The summed E-state index contributed by atoms with van der Waals surface area (Å²) in [5, 5.41) is 0.